The SMILES string of the molecule is Cc1cc(C)n(CC[C@@H]2CC(=O)Nc3c2cnn3-c2ccccc2)n1. The molecule has 1 aliphatic heterocycles. The Labute approximate surface area is 146 Å². The third-order valence-corrected chi connectivity index (χ3v) is 4.72. The molecular weight excluding hydrogens is 314 g/mol. The van der Waals surface area contributed by atoms with Gasteiger partial charge in [-0.1, -0.05) is 18.2 Å². The topological polar surface area (TPSA) is 64.7 Å². The van der Waals surface area contributed by atoms with Crippen LogP contribution in [-0.4, -0.2) is 25.5 Å². The monoisotopic (exact) mass is 335 g/mol. The van der Waals surface area contributed by atoms with Crippen LogP contribution in [0.5, 0.6) is 0 Å². The Hall–Kier alpha value is -2.89. The molecule has 0 saturated carbocycles. The molecule has 1 atom stereocenters. The first-order valence-electron chi connectivity index (χ1n) is 8.56. The van der Waals surface area contributed by atoms with Gasteiger partial charge in [-0.05, 0) is 44.4 Å². The van der Waals surface area contributed by atoms with E-state index >= 15 is 0 Å². The van der Waals surface area contributed by atoms with E-state index in [1.54, 1.807) is 0 Å². The number of aryl methyl sites for hydroxylation is 3. The minimum Gasteiger partial charge on any atom is -0.310 e. The molecule has 1 aromatic carbocycles. The maximum absolute atomic E-state index is 12.2. The number of carbonyl (C=O) groups is 1. The fraction of sp³-hybridized carbons (Fsp3) is 0.316. The highest BCUT2D eigenvalue weighted by atomic mass is 16.1. The average molecular weight is 335 g/mol. The molecule has 0 aliphatic carbocycles. The molecule has 128 valence electrons. The zero-order valence-corrected chi connectivity index (χ0v) is 14.4. The summed E-state index contributed by atoms with van der Waals surface area (Å²) in [7, 11) is 0. The lowest BCUT2D eigenvalue weighted by atomic mass is 9.91. The number of nitrogens with zero attached hydrogens (tertiary/aromatic N) is 4. The number of para-hydroxylation sites is 1. The molecule has 1 aliphatic rings. The molecule has 2 aromatic heterocycles. The van der Waals surface area contributed by atoms with Gasteiger partial charge in [0.05, 0.1) is 17.6 Å². The fourth-order valence-corrected chi connectivity index (χ4v) is 3.50. The van der Waals surface area contributed by atoms with Gasteiger partial charge in [0.15, 0.2) is 0 Å². The average Bonchev–Trinajstić information content (AvgIpc) is 3.16. The smallest absolute Gasteiger partial charge is 0.226 e. The van der Waals surface area contributed by atoms with Gasteiger partial charge in [0, 0.05) is 24.2 Å². The van der Waals surface area contributed by atoms with Crippen molar-refractivity contribution >= 4 is 11.7 Å². The molecule has 6 nitrogen and oxygen atoms in total. The molecule has 1 amide bonds. The van der Waals surface area contributed by atoms with Gasteiger partial charge < -0.3 is 5.32 Å². The lowest BCUT2D eigenvalue weighted by Crippen LogP contribution is -2.25. The normalized spacial score (nSPS) is 16.6. The summed E-state index contributed by atoms with van der Waals surface area (Å²) in [6.45, 7) is 4.86. The van der Waals surface area contributed by atoms with Crippen molar-refractivity contribution in [2.45, 2.75) is 39.2 Å². The Morgan fingerprint density at radius 3 is 2.76 bits per heavy atom. The number of rotatable bonds is 4. The minimum atomic E-state index is 0.0450. The van der Waals surface area contributed by atoms with Crippen LogP contribution in [0.25, 0.3) is 5.69 Å². The van der Waals surface area contributed by atoms with E-state index in [-0.39, 0.29) is 11.8 Å². The number of fused-ring (bicyclic) bond motifs is 1. The predicted octanol–water partition coefficient (Wildman–Crippen LogP) is 3.20. The van der Waals surface area contributed by atoms with Crippen LogP contribution >= 0.6 is 0 Å². The van der Waals surface area contributed by atoms with Crippen LogP contribution in [0.15, 0.2) is 42.6 Å². The van der Waals surface area contributed by atoms with Gasteiger partial charge in [0.1, 0.15) is 5.82 Å². The van der Waals surface area contributed by atoms with Crippen molar-refractivity contribution in [3.63, 3.8) is 0 Å². The molecule has 3 heterocycles. The number of amides is 1. The molecule has 25 heavy (non-hydrogen) atoms. The molecule has 0 fully saturated rings. The Kier molecular flexibility index (Phi) is 3.87. The van der Waals surface area contributed by atoms with E-state index in [1.165, 1.54) is 0 Å². The van der Waals surface area contributed by atoms with Crippen LogP contribution in [0, 0.1) is 13.8 Å². The van der Waals surface area contributed by atoms with Crippen LogP contribution in [0.1, 0.15) is 35.7 Å². The summed E-state index contributed by atoms with van der Waals surface area (Å²) in [4.78, 5) is 12.2. The van der Waals surface area contributed by atoms with Crippen molar-refractivity contribution in [2.75, 3.05) is 5.32 Å². The van der Waals surface area contributed by atoms with Gasteiger partial charge in [-0.15, -0.1) is 0 Å². The van der Waals surface area contributed by atoms with Crippen molar-refractivity contribution in [3.05, 3.63) is 59.5 Å². The quantitative estimate of drug-likeness (QED) is 0.796. The van der Waals surface area contributed by atoms with E-state index < -0.39 is 0 Å². The first-order chi connectivity index (χ1) is 12.1. The summed E-state index contributed by atoms with van der Waals surface area (Å²) < 4.78 is 3.83. The summed E-state index contributed by atoms with van der Waals surface area (Å²) in [5.41, 5.74) is 4.22. The third-order valence-electron chi connectivity index (χ3n) is 4.72. The summed E-state index contributed by atoms with van der Waals surface area (Å²) >= 11 is 0. The van der Waals surface area contributed by atoms with Gasteiger partial charge in [0.2, 0.25) is 5.91 Å². The number of anilines is 1. The number of hydrogen-bond acceptors (Lipinski definition) is 3. The highest BCUT2D eigenvalue weighted by molar-refractivity contribution is 5.94. The van der Waals surface area contributed by atoms with Crippen molar-refractivity contribution < 1.29 is 4.79 Å². The highest BCUT2D eigenvalue weighted by Gasteiger charge is 2.29. The predicted molar refractivity (Wildman–Crippen MR) is 95.9 cm³/mol. The lowest BCUT2D eigenvalue weighted by molar-refractivity contribution is -0.116. The zero-order chi connectivity index (χ0) is 17.4. The van der Waals surface area contributed by atoms with Crippen molar-refractivity contribution in [1.82, 2.24) is 19.6 Å². The lowest BCUT2D eigenvalue weighted by Gasteiger charge is -2.23. The van der Waals surface area contributed by atoms with Crippen molar-refractivity contribution in [2.24, 2.45) is 0 Å². The molecule has 0 bridgehead atoms. The maximum atomic E-state index is 12.2. The Bertz CT molecular complexity index is 909. The second kappa shape index (κ2) is 6.20. The number of aromatic nitrogens is 4. The van der Waals surface area contributed by atoms with E-state index in [2.05, 4.69) is 28.5 Å². The number of carbonyl (C=O) groups excluding carboxylic acids is 1. The Morgan fingerprint density at radius 1 is 1.24 bits per heavy atom. The maximum Gasteiger partial charge on any atom is 0.226 e. The van der Waals surface area contributed by atoms with Gasteiger partial charge in [-0.3, -0.25) is 9.48 Å². The molecular formula is C19H21N5O. The molecule has 0 spiro atoms. The Morgan fingerprint density at radius 2 is 2.04 bits per heavy atom. The number of nitrogens with one attached hydrogen (secondary N) is 1. The van der Waals surface area contributed by atoms with Crippen LogP contribution in [-0.2, 0) is 11.3 Å². The molecule has 0 saturated heterocycles. The summed E-state index contributed by atoms with van der Waals surface area (Å²) in [6, 6.07) is 11.9. The number of benzene rings is 1. The van der Waals surface area contributed by atoms with Gasteiger partial charge in [-0.2, -0.15) is 10.2 Å². The van der Waals surface area contributed by atoms with Gasteiger partial charge >= 0.3 is 0 Å². The summed E-state index contributed by atoms with van der Waals surface area (Å²) in [6.07, 6.45) is 3.24. The molecule has 3 aromatic rings. The van der Waals surface area contributed by atoms with E-state index in [1.807, 2.05) is 52.8 Å². The molecule has 0 unspecified atom stereocenters. The second-order valence-corrected chi connectivity index (χ2v) is 6.58. The molecule has 6 heteroatoms. The Balaban J connectivity index is 1.61. The minimum absolute atomic E-state index is 0.0450. The van der Waals surface area contributed by atoms with Crippen LogP contribution in [0.4, 0.5) is 5.82 Å². The first-order valence-corrected chi connectivity index (χ1v) is 8.56. The van der Waals surface area contributed by atoms with E-state index in [4.69, 9.17) is 0 Å². The molecule has 1 N–H and O–H groups in total. The summed E-state index contributed by atoms with van der Waals surface area (Å²) in [5.74, 6) is 0.995. The third kappa shape index (κ3) is 2.95. The summed E-state index contributed by atoms with van der Waals surface area (Å²) in [5, 5.41) is 12.0. The largest absolute Gasteiger partial charge is 0.310 e. The van der Waals surface area contributed by atoms with E-state index in [9.17, 15) is 4.79 Å². The van der Waals surface area contributed by atoms with E-state index in [0.29, 0.717) is 6.42 Å². The van der Waals surface area contributed by atoms with Crippen LogP contribution in [0.2, 0.25) is 0 Å². The zero-order valence-electron chi connectivity index (χ0n) is 14.4. The van der Waals surface area contributed by atoms with Crippen LogP contribution in [0.3, 0.4) is 0 Å². The fourth-order valence-electron chi connectivity index (χ4n) is 3.50. The highest BCUT2D eigenvalue weighted by Crippen LogP contribution is 2.36. The number of hydrogen-bond donors (Lipinski definition) is 1. The van der Waals surface area contributed by atoms with Gasteiger partial charge in [-0.25, -0.2) is 4.68 Å². The van der Waals surface area contributed by atoms with Crippen LogP contribution < -0.4 is 5.32 Å². The van der Waals surface area contributed by atoms with Crippen molar-refractivity contribution in [1.29, 1.82) is 0 Å². The second-order valence-electron chi connectivity index (χ2n) is 6.58. The molecule has 4 rings (SSSR count). The molecule has 0 radical (unpaired) electrons. The van der Waals surface area contributed by atoms with Crippen molar-refractivity contribution in [3.8, 4) is 5.69 Å². The standard InChI is InChI=1S/C19H21N5O/c1-13-10-14(2)23(22-13)9-8-15-11-18(25)21-19-17(15)12-20-24(19)16-6-4-3-5-7-16/h3-7,10,12,15H,8-9,11H2,1-2H3,(H,21,25)/t15-/m1/s1. The van der Waals surface area contributed by atoms with Gasteiger partial charge in [0.25, 0.3) is 0 Å². The first kappa shape index (κ1) is 15.6. The van der Waals surface area contributed by atoms with E-state index in [0.717, 1.165) is 41.4 Å².